The first-order valence-corrected chi connectivity index (χ1v) is 5.37. The summed E-state index contributed by atoms with van der Waals surface area (Å²) in [5.41, 5.74) is -0.699. The van der Waals surface area contributed by atoms with Gasteiger partial charge in [-0.25, -0.2) is 18.5 Å². The topological polar surface area (TPSA) is 106 Å². The number of pyridine rings is 1. The molecule has 0 unspecified atom stereocenters. The summed E-state index contributed by atoms with van der Waals surface area (Å²) in [5.74, 6) is -1.02. The molecule has 92 valence electrons. The SMILES string of the molecule is N#Cc1ncc(S(N)(=O)=O)cc1OC(F)(F)F. The highest BCUT2D eigenvalue weighted by Gasteiger charge is 2.33. The van der Waals surface area contributed by atoms with Gasteiger partial charge in [0.1, 0.15) is 11.0 Å². The maximum atomic E-state index is 11.9. The fourth-order valence-corrected chi connectivity index (χ4v) is 1.34. The second-order valence-electron chi connectivity index (χ2n) is 2.72. The number of alkyl halides is 3. The summed E-state index contributed by atoms with van der Waals surface area (Å²) in [6.45, 7) is 0. The minimum absolute atomic E-state index is 0.481. The van der Waals surface area contributed by atoms with Crippen molar-refractivity contribution in [3.63, 3.8) is 0 Å². The largest absolute Gasteiger partial charge is 0.573 e. The average molecular weight is 267 g/mol. The number of ether oxygens (including phenoxy) is 1. The summed E-state index contributed by atoms with van der Waals surface area (Å²) in [4.78, 5) is 2.52. The van der Waals surface area contributed by atoms with E-state index in [0.717, 1.165) is 0 Å². The number of nitriles is 1. The van der Waals surface area contributed by atoms with Gasteiger partial charge in [0.15, 0.2) is 11.4 Å². The first-order valence-electron chi connectivity index (χ1n) is 3.82. The van der Waals surface area contributed by atoms with Crippen LogP contribution in [0, 0.1) is 11.3 Å². The third kappa shape index (κ3) is 3.58. The van der Waals surface area contributed by atoms with Crippen molar-refractivity contribution < 1.29 is 26.3 Å². The van der Waals surface area contributed by atoms with Crippen molar-refractivity contribution in [3.05, 3.63) is 18.0 Å². The van der Waals surface area contributed by atoms with E-state index in [1.165, 1.54) is 6.07 Å². The minimum Gasteiger partial charge on any atom is -0.403 e. The summed E-state index contributed by atoms with van der Waals surface area (Å²) in [6.07, 6.45) is -4.40. The number of hydrogen-bond acceptors (Lipinski definition) is 5. The quantitative estimate of drug-likeness (QED) is 0.839. The van der Waals surface area contributed by atoms with Gasteiger partial charge in [-0.15, -0.1) is 13.2 Å². The molecule has 0 radical (unpaired) electrons. The predicted molar refractivity (Wildman–Crippen MR) is 47.0 cm³/mol. The first kappa shape index (κ1) is 13.2. The van der Waals surface area contributed by atoms with Crippen LogP contribution in [0.1, 0.15) is 5.69 Å². The van der Waals surface area contributed by atoms with E-state index in [2.05, 4.69) is 9.72 Å². The molecule has 0 saturated carbocycles. The Kier molecular flexibility index (Phi) is 3.25. The third-order valence-electron chi connectivity index (χ3n) is 1.49. The highest BCUT2D eigenvalue weighted by Crippen LogP contribution is 2.26. The van der Waals surface area contributed by atoms with Gasteiger partial charge in [0.05, 0.1) is 0 Å². The Balaban J connectivity index is 3.32. The highest BCUT2D eigenvalue weighted by atomic mass is 32.2. The summed E-state index contributed by atoms with van der Waals surface area (Å²) in [7, 11) is -4.23. The monoisotopic (exact) mass is 267 g/mol. The van der Waals surface area contributed by atoms with Crippen LogP contribution in [-0.2, 0) is 10.0 Å². The molecule has 0 bridgehead atoms. The fraction of sp³-hybridized carbons (Fsp3) is 0.143. The molecule has 1 heterocycles. The van der Waals surface area contributed by atoms with E-state index < -0.39 is 32.7 Å². The molecule has 0 atom stereocenters. The number of rotatable bonds is 2. The lowest BCUT2D eigenvalue weighted by atomic mass is 10.3. The van der Waals surface area contributed by atoms with Crippen molar-refractivity contribution >= 4 is 10.0 Å². The van der Waals surface area contributed by atoms with E-state index in [-0.39, 0.29) is 0 Å². The van der Waals surface area contributed by atoms with Crippen LogP contribution in [0.5, 0.6) is 5.75 Å². The molecule has 1 aromatic heterocycles. The molecule has 0 aliphatic carbocycles. The average Bonchev–Trinajstić information content (AvgIpc) is 2.13. The third-order valence-corrected chi connectivity index (χ3v) is 2.37. The van der Waals surface area contributed by atoms with E-state index in [0.29, 0.717) is 12.3 Å². The molecule has 6 nitrogen and oxygen atoms in total. The number of hydrogen-bond donors (Lipinski definition) is 1. The smallest absolute Gasteiger partial charge is 0.403 e. The van der Waals surface area contributed by atoms with Crippen LogP contribution >= 0.6 is 0 Å². The van der Waals surface area contributed by atoms with Gasteiger partial charge in [0, 0.05) is 12.3 Å². The van der Waals surface area contributed by atoms with E-state index >= 15 is 0 Å². The Labute approximate surface area is 93.5 Å². The molecule has 0 amide bonds. The van der Waals surface area contributed by atoms with Crippen LogP contribution in [0.4, 0.5) is 13.2 Å². The van der Waals surface area contributed by atoms with Crippen LogP contribution in [0.3, 0.4) is 0 Å². The van der Waals surface area contributed by atoms with Crippen LogP contribution in [0.2, 0.25) is 0 Å². The van der Waals surface area contributed by atoms with Crippen molar-refractivity contribution in [2.75, 3.05) is 0 Å². The molecular weight excluding hydrogens is 263 g/mol. The van der Waals surface area contributed by atoms with E-state index in [1.54, 1.807) is 0 Å². The van der Waals surface area contributed by atoms with Crippen LogP contribution < -0.4 is 9.88 Å². The zero-order valence-electron chi connectivity index (χ0n) is 7.89. The number of nitrogens with two attached hydrogens (primary N) is 1. The predicted octanol–water partition coefficient (Wildman–Crippen LogP) is 0.499. The molecular formula is C7H4F3N3O3S. The Morgan fingerprint density at radius 2 is 2.06 bits per heavy atom. The van der Waals surface area contributed by atoms with Gasteiger partial charge in [-0.2, -0.15) is 5.26 Å². The van der Waals surface area contributed by atoms with Gasteiger partial charge in [-0.1, -0.05) is 0 Å². The molecule has 0 spiro atoms. The van der Waals surface area contributed by atoms with Gasteiger partial charge < -0.3 is 4.74 Å². The Morgan fingerprint density at radius 3 is 2.47 bits per heavy atom. The van der Waals surface area contributed by atoms with Gasteiger partial charge in [0.25, 0.3) is 0 Å². The lowest BCUT2D eigenvalue weighted by molar-refractivity contribution is -0.274. The number of halogens is 3. The van der Waals surface area contributed by atoms with Gasteiger partial charge in [0.2, 0.25) is 10.0 Å². The minimum atomic E-state index is -5.07. The number of aromatic nitrogens is 1. The van der Waals surface area contributed by atoms with Crippen molar-refractivity contribution in [3.8, 4) is 11.8 Å². The zero-order chi connectivity index (χ0) is 13.3. The molecule has 0 aliphatic rings. The van der Waals surface area contributed by atoms with Crippen molar-refractivity contribution in [2.45, 2.75) is 11.3 Å². The molecule has 0 aromatic carbocycles. The second kappa shape index (κ2) is 4.19. The molecule has 0 fully saturated rings. The Bertz CT molecular complexity index is 576. The number of nitrogens with zero attached hydrogens (tertiary/aromatic N) is 2. The molecule has 0 saturated heterocycles. The Hall–Kier alpha value is -1.86. The maximum Gasteiger partial charge on any atom is 0.573 e. The van der Waals surface area contributed by atoms with E-state index in [9.17, 15) is 21.6 Å². The summed E-state index contributed by atoms with van der Waals surface area (Å²) in [6, 6.07) is 1.81. The summed E-state index contributed by atoms with van der Waals surface area (Å²) in [5, 5.41) is 13.2. The molecule has 1 rings (SSSR count). The first-order chi connectivity index (χ1) is 7.63. The van der Waals surface area contributed by atoms with Crippen molar-refractivity contribution in [1.29, 1.82) is 5.26 Å². The fourth-order valence-electron chi connectivity index (χ4n) is 0.869. The van der Waals surface area contributed by atoms with Gasteiger partial charge in [-0.05, 0) is 0 Å². The molecule has 10 heteroatoms. The number of primary sulfonamides is 1. The van der Waals surface area contributed by atoms with E-state index in [4.69, 9.17) is 10.4 Å². The normalized spacial score (nSPS) is 11.9. The van der Waals surface area contributed by atoms with Gasteiger partial charge >= 0.3 is 6.36 Å². The summed E-state index contributed by atoms with van der Waals surface area (Å²) >= 11 is 0. The second-order valence-corrected chi connectivity index (χ2v) is 4.28. The standard InChI is InChI=1S/C7H4F3N3O3S/c8-7(9,10)16-6-1-4(17(12,14)15)3-13-5(6)2-11/h1,3H,(H2,12,14,15). The van der Waals surface area contributed by atoms with Gasteiger partial charge in [-0.3, -0.25) is 0 Å². The highest BCUT2D eigenvalue weighted by molar-refractivity contribution is 7.89. The van der Waals surface area contributed by atoms with Crippen LogP contribution in [0.25, 0.3) is 0 Å². The molecule has 2 N–H and O–H groups in total. The summed E-state index contributed by atoms with van der Waals surface area (Å²) < 4.78 is 61.0. The lowest BCUT2D eigenvalue weighted by Crippen LogP contribution is -2.19. The van der Waals surface area contributed by atoms with Crippen molar-refractivity contribution in [1.82, 2.24) is 4.98 Å². The molecule has 1 aromatic rings. The van der Waals surface area contributed by atoms with Crippen LogP contribution in [0.15, 0.2) is 17.2 Å². The lowest BCUT2D eigenvalue weighted by Gasteiger charge is -2.10. The zero-order valence-corrected chi connectivity index (χ0v) is 8.71. The van der Waals surface area contributed by atoms with Crippen molar-refractivity contribution in [2.24, 2.45) is 5.14 Å². The maximum absolute atomic E-state index is 11.9. The molecule has 17 heavy (non-hydrogen) atoms. The van der Waals surface area contributed by atoms with Crippen LogP contribution in [-0.4, -0.2) is 19.8 Å². The molecule has 0 aliphatic heterocycles. The Morgan fingerprint density at radius 1 is 1.47 bits per heavy atom. The van der Waals surface area contributed by atoms with E-state index in [1.807, 2.05) is 0 Å². The number of sulfonamides is 1.